The van der Waals surface area contributed by atoms with E-state index < -0.39 is 0 Å². The van der Waals surface area contributed by atoms with Gasteiger partial charge in [0, 0.05) is 30.8 Å². The summed E-state index contributed by atoms with van der Waals surface area (Å²) in [6.07, 6.45) is 1.76. The molecule has 2 aromatic rings. The highest BCUT2D eigenvalue weighted by molar-refractivity contribution is 7.09. The van der Waals surface area contributed by atoms with Crippen molar-refractivity contribution in [2.45, 2.75) is 18.8 Å². The van der Waals surface area contributed by atoms with Gasteiger partial charge in [0.05, 0.1) is 5.01 Å². The van der Waals surface area contributed by atoms with E-state index in [0.29, 0.717) is 18.2 Å². The van der Waals surface area contributed by atoms with Crippen LogP contribution in [-0.4, -0.2) is 35.4 Å². The van der Waals surface area contributed by atoms with Gasteiger partial charge in [0.15, 0.2) is 0 Å². The fraction of sp³-hybridized carbons (Fsp3) is 0.375. The van der Waals surface area contributed by atoms with E-state index in [0.717, 1.165) is 30.9 Å². The fourth-order valence-electron chi connectivity index (χ4n) is 2.75. The topological polar surface area (TPSA) is 59.2 Å². The molecule has 5 heteroatoms. The molecule has 1 aromatic carbocycles. The Hall–Kier alpha value is -1.72. The summed E-state index contributed by atoms with van der Waals surface area (Å²) in [6, 6.07) is 10.4. The molecule has 1 amide bonds. The molecule has 1 saturated heterocycles. The average Bonchev–Trinajstić information content (AvgIpc) is 3.17. The van der Waals surface area contributed by atoms with Crippen LogP contribution in [0.5, 0.6) is 0 Å². The molecule has 1 aliphatic rings. The van der Waals surface area contributed by atoms with Crippen molar-refractivity contribution in [1.29, 1.82) is 0 Å². The molecule has 110 valence electrons. The molecule has 0 aliphatic carbocycles. The fourth-order valence-corrected chi connectivity index (χ4v) is 3.54. The Morgan fingerprint density at radius 1 is 1.38 bits per heavy atom. The third-order valence-electron chi connectivity index (χ3n) is 3.88. The van der Waals surface area contributed by atoms with Crippen molar-refractivity contribution < 1.29 is 4.79 Å². The highest BCUT2D eigenvalue weighted by Gasteiger charge is 2.28. The zero-order chi connectivity index (χ0) is 14.7. The van der Waals surface area contributed by atoms with E-state index in [9.17, 15) is 4.79 Å². The Bertz CT molecular complexity index is 611. The quantitative estimate of drug-likeness (QED) is 0.942. The number of carbonyl (C=O) groups excluding carboxylic acids is 1. The molecule has 1 aromatic heterocycles. The normalized spacial score (nSPS) is 18.1. The number of hydrogen-bond donors (Lipinski definition) is 1. The second kappa shape index (κ2) is 6.37. The third-order valence-corrected chi connectivity index (χ3v) is 4.78. The molecule has 0 spiro atoms. The highest BCUT2D eigenvalue weighted by atomic mass is 32.1. The van der Waals surface area contributed by atoms with Gasteiger partial charge in [0.2, 0.25) is 0 Å². The number of carbonyl (C=O) groups is 1. The summed E-state index contributed by atoms with van der Waals surface area (Å²) in [5.74, 6) is 0.491. The first-order valence-electron chi connectivity index (χ1n) is 7.26. The minimum absolute atomic E-state index is 0.0490. The van der Waals surface area contributed by atoms with Gasteiger partial charge in [0.25, 0.3) is 5.91 Å². The van der Waals surface area contributed by atoms with E-state index in [1.807, 2.05) is 16.3 Å². The predicted octanol–water partition coefficient (Wildman–Crippen LogP) is 2.27. The summed E-state index contributed by atoms with van der Waals surface area (Å²) in [4.78, 5) is 18.8. The predicted molar refractivity (Wildman–Crippen MR) is 84.6 cm³/mol. The van der Waals surface area contributed by atoms with Crippen molar-refractivity contribution in [3.05, 3.63) is 52.0 Å². The Labute approximate surface area is 128 Å². The summed E-state index contributed by atoms with van der Waals surface area (Å²) in [5.41, 5.74) is 7.40. The van der Waals surface area contributed by atoms with Crippen LogP contribution in [0.4, 0.5) is 0 Å². The summed E-state index contributed by atoms with van der Waals surface area (Å²) in [5, 5.41) is 2.79. The van der Waals surface area contributed by atoms with Gasteiger partial charge in [-0.15, -0.1) is 11.3 Å². The Balaban J connectivity index is 1.66. The van der Waals surface area contributed by atoms with Crippen LogP contribution in [-0.2, 0) is 6.42 Å². The monoisotopic (exact) mass is 301 g/mol. The van der Waals surface area contributed by atoms with Crippen LogP contribution in [0.2, 0.25) is 0 Å². The van der Waals surface area contributed by atoms with Gasteiger partial charge in [-0.05, 0) is 18.5 Å². The van der Waals surface area contributed by atoms with Crippen molar-refractivity contribution >= 4 is 17.2 Å². The van der Waals surface area contributed by atoms with Crippen LogP contribution < -0.4 is 5.73 Å². The smallest absolute Gasteiger partial charge is 0.273 e. The Morgan fingerprint density at radius 2 is 2.19 bits per heavy atom. The number of likely N-dealkylation sites (tertiary alicyclic amines) is 1. The number of thiazole rings is 1. The number of nitrogens with two attached hydrogens (primary N) is 1. The van der Waals surface area contributed by atoms with E-state index in [1.54, 1.807) is 0 Å². The number of rotatable bonds is 4. The van der Waals surface area contributed by atoms with Gasteiger partial charge in [-0.2, -0.15) is 0 Å². The first kappa shape index (κ1) is 14.2. The highest BCUT2D eigenvalue weighted by Crippen LogP contribution is 2.28. The molecule has 2 N–H and O–H groups in total. The minimum atomic E-state index is 0.0490. The van der Waals surface area contributed by atoms with Gasteiger partial charge in [-0.1, -0.05) is 30.3 Å². The second-order valence-corrected chi connectivity index (χ2v) is 6.26. The lowest BCUT2D eigenvalue weighted by Crippen LogP contribution is -2.28. The van der Waals surface area contributed by atoms with Gasteiger partial charge >= 0.3 is 0 Å². The van der Waals surface area contributed by atoms with E-state index in [1.165, 1.54) is 16.9 Å². The standard InChI is InChI=1S/C16H19N3OS/c17-8-6-15-18-14(11-21-15)16(20)19-9-7-13(10-19)12-4-2-1-3-5-12/h1-5,11,13H,6-10,17H2. The van der Waals surface area contributed by atoms with Crippen molar-refractivity contribution in [3.63, 3.8) is 0 Å². The summed E-state index contributed by atoms with van der Waals surface area (Å²) in [7, 11) is 0. The van der Waals surface area contributed by atoms with Crippen LogP contribution in [0, 0.1) is 0 Å². The molecule has 1 fully saturated rings. The second-order valence-electron chi connectivity index (χ2n) is 5.31. The lowest BCUT2D eigenvalue weighted by molar-refractivity contribution is 0.0785. The van der Waals surface area contributed by atoms with Crippen molar-refractivity contribution in [3.8, 4) is 0 Å². The van der Waals surface area contributed by atoms with E-state index >= 15 is 0 Å². The maximum atomic E-state index is 12.5. The average molecular weight is 301 g/mol. The Morgan fingerprint density at radius 3 is 2.95 bits per heavy atom. The van der Waals surface area contributed by atoms with Crippen LogP contribution in [0.3, 0.4) is 0 Å². The molecule has 3 rings (SSSR count). The van der Waals surface area contributed by atoms with Crippen LogP contribution in [0.1, 0.15) is 33.4 Å². The van der Waals surface area contributed by atoms with Gasteiger partial charge < -0.3 is 10.6 Å². The van der Waals surface area contributed by atoms with E-state index in [-0.39, 0.29) is 5.91 Å². The van der Waals surface area contributed by atoms with E-state index in [2.05, 4.69) is 29.2 Å². The first-order valence-corrected chi connectivity index (χ1v) is 8.14. The van der Waals surface area contributed by atoms with Crippen molar-refractivity contribution in [1.82, 2.24) is 9.88 Å². The largest absolute Gasteiger partial charge is 0.337 e. The maximum Gasteiger partial charge on any atom is 0.273 e. The number of aromatic nitrogens is 1. The minimum Gasteiger partial charge on any atom is -0.337 e. The lowest BCUT2D eigenvalue weighted by Gasteiger charge is -2.15. The zero-order valence-electron chi connectivity index (χ0n) is 11.9. The van der Waals surface area contributed by atoms with Crippen LogP contribution in [0.25, 0.3) is 0 Å². The van der Waals surface area contributed by atoms with Crippen molar-refractivity contribution in [2.75, 3.05) is 19.6 Å². The number of hydrogen-bond acceptors (Lipinski definition) is 4. The lowest BCUT2D eigenvalue weighted by atomic mass is 9.99. The third kappa shape index (κ3) is 3.14. The molecular weight excluding hydrogens is 282 g/mol. The summed E-state index contributed by atoms with van der Waals surface area (Å²) in [6.45, 7) is 2.16. The number of benzene rings is 1. The van der Waals surface area contributed by atoms with Crippen LogP contribution in [0.15, 0.2) is 35.7 Å². The summed E-state index contributed by atoms with van der Waals surface area (Å²) < 4.78 is 0. The van der Waals surface area contributed by atoms with Gasteiger partial charge in [-0.25, -0.2) is 4.98 Å². The maximum absolute atomic E-state index is 12.5. The summed E-state index contributed by atoms with van der Waals surface area (Å²) >= 11 is 1.52. The molecule has 0 saturated carbocycles. The molecule has 2 heterocycles. The molecule has 21 heavy (non-hydrogen) atoms. The number of nitrogens with zero attached hydrogens (tertiary/aromatic N) is 2. The molecule has 1 aliphatic heterocycles. The van der Waals surface area contributed by atoms with E-state index in [4.69, 9.17) is 5.73 Å². The van der Waals surface area contributed by atoms with Gasteiger partial charge in [-0.3, -0.25) is 4.79 Å². The zero-order valence-corrected chi connectivity index (χ0v) is 12.7. The van der Waals surface area contributed by atoms with Crippen molar-refractivity contribution in [2.24, 2.45) is 5.73 Å². The molecule has 1 unspecified atom stereocenters. The first-order chi connectivity index (χ1) is 10.3. The van der Waals surface area contributed by atoms with Gasteiger partial charge in [0.1, 0.15) is 5.69 Å². The van der Waals surface area contributed by atoms with Crippen LogP contribution >= 0.6 is 11.3 Å². The number of amides is 1. The Kier molecular flexibility index (Phi) is 4.31. The molecule has 1 atom stereocenters. The molecule has 0 radical (unpaired) electrons. The molecule has 4 nitrogen and oxygen atoms in total. The molecule has 0 bridgehead atoms. The SMILES string of the molecule is NCCc1nc(C(=O)N2CCC(c3ccccc3)C2)cs1. The molecular formula is C16H19N3OS.